The summed E-state index contributed by atoms with van der Waals surface area (Å²) in [6.45, 7) is 1.49. The van der Waals surface area contributed by atoms with E-state index in [1.54, 1.807) is 0 Å². The van der Waals surface area contributed by atoms with E-state index in [4.69, 9.17) is 5.73 Å². The van der Waals surface area contributed by atoms with E-state index in [1.165, 1.54) is 6.92 Å². The third-order valence-electron chi connectivity index (χ3n) is 2.32. The lowest BCUT2D eigenvalue weighted by molar-refractivity contribution is 0.597. The van der Waals surface area contributed by atoms with Gasteiger partial charge in [0.05, 0.1) is 18.0 Å². The highest BCUT2D eigenvalue weighted by Gasteiger charge is 2.07. The number of halogens is 2. The second kappa shape index (κ2) is 6.46. The number of nitrogens with one attached hydrogen (secondary N) is 1. The summed E-state index contributed by atoms with van der Waals surface area (Å²) in [6, 6.07) is 2.86. The molecule has 1 aromatic rings. The third-order valence-corrected chi connectivity index (χ3v) is 4.00. The van der Waals surface area contributed by atoms with Crippen molar-refractivity contribution >= 4 is 21.5 Å². The molecule has 0 amide bonds. The second-order valence-electron chi connectivity index (χ2n) is 3.75. The highest BCUT2D eigenvalue weighted by atomic mass is 32.2. The number of sulfone groups is 1. The number of nitrogens with two attached hydrogens (primary N) is 1. The van der Waals surface area contributed by atoms with E-state index >= 15 is 0 Å². The number of guanidine groups is 1. The van der Waals surface area contributed by atoms with Crippen LogP contribution >= 0.6 is 0 Å². The van der Waals surface area contributed by atoms with Gasteiger partial charge in [0.15, 0.2) is 15.8 Å². The molecule has 0 unspecified atom stereocenters. The van der Waals surface area contributed by atoms with Gasteiger partial charge in [0.2, 0.25) is 0 Å². The Morgan fingerprint density at radius 2 is 2.11 bits per heavy atom. The van der Waals surface area contributed by atoms with Gasteiger partial charge in [-0.15, -0.1) is 0 Å². The first-order valence-corrected chi connectivity index (χ1v) is 7.38. The van der Waals surface area contributed by atoms with Gasteiger partial charge in [0.25, 0.3) is 0 Å². The minimum Gasteiger partial charge on any atom is -0.370 e. The predicted molar refractivity (Wildman–Crippen MR) is 70.8 cm³/mol. The maximum Gasteiger partial charge on any atom is 0.193 e. The first-order valence-electron chi connectivity index (χ1n) is 5.56. The van der Waals surface area contributed by atoms with Gasteiger partial charge in [-0.3, -0.25) is 4.99 Å². The van der Waals surface area contributed by atoms with E-state index in [9.17, 15) is 17.2 Å². The van der Waals surface area contributed by atoms with Crippen LogP contribution < -0.4 is 11.1 Å². The van der Waals surface area contributed by atoms with Crippen molar-refractivity contribution in [3.63, 3.8) is 0 Å². The molecule has 0 fully saturated rings. The van der Waals surface area contributed by atoms with Crippen LogP contribution in [0.1, 0.15) is 6.92 Å². The number of nitrogens with zero attached hydrogens (tertiary/aromatic N) is 1. The van der Waals surface area contributed by atoms with E-state index in [0.717, 1.165) is 18.2 Å². The molecule has 19 heavy (non-hydrogen) atoms. The maximum absolute atomic E-state index is 13.3. The number of hydrogen-bond donors (Lipinski definition) is 2. The molecule has 1 aromatic carbocycles. The van der Waals surface area contributed by atoms with Crippen molar-refractivity contribution < 1.29 is 17.2 Å². The first kappa shape index (κ1) is 15.4. The lowest BCUT2D eigenvalue weighted by atomic mass is 10.3. The Morgan fingerprint density at radius 1 is 1.42 bits per heavy atom. The summed E-state index contributed by atoms with van der Waals surface area (Å²) in [4.78, 5) is 3.74. The lowest BCUT2D eigenvalue weighted by Crippen LogP contribution is -2.24. The summed E-state index contributed by atoms with van der Waals surface area (Å²) < 4.78 is 48.5. The highest BCUT2D eigenvalue weighted by molar-refractivity contribution is 7.91. The van der Waals surface area contributed by atoms with Gasteiger partial charge < -0.3 is 11.1 Å². The zero-order valence-electron chi connectivity index (χ0n) is 10.4. The van der Waals surface area contributed by atoms with Gasteiger partial charge in [0, 0.05) is 11.8 Å². The molecule has 0 aliphatic carbocycles. The van der Waals surface area contributed by atoms with E-state index in [2.05, 4.69) is 10.3 Å². The molecule has 3 N–H and O–H groups in total. The van der Waals surface area contributed by atoms with Crippen molar-refractivity contribution in [1.82, 2.24) is 0 Å². The first-order chi connectivity index (χ1) is 8.84. The molecule has 0 heterocycles. The molecular weight excluding hydrogens is 276 g/mol. The fraction of sp³-hybridized carbons (Fsp3) is 0.364. The van der Waals surface area contributed by atoms with Crippen LogP contribution in [0.25, 0.3) is 0 Å². The average molecular weight is 291 g/mol. The number of rotatable bonds is 5. The van der Waals surface area contributed by atoms with Gasteiger partial charge in [-0.25, -0.2) is 17.2 Å². The van der Waals surface area contributed by atoms with Crippen LogP contribution in [0.3, 0.4) is 0 Å². The standard InChI is InChI=1S/C11H15F2N3O2S/c1-2-19(17,18)6-5-15-11(14)16-10-7-8(12)3-4-9(10)13/h3-4,7H,2,5-6H2,1H3,(H3,14,15,16). The molecular formula is C11H15F2N3O2S. The molecule has 8 heteroatoms. The topological polar surface area (TPSA) is 84.5 Å². The zero-order chi connectivity index (χ0) is 14.5. The van der Waals surface area contributed by atoms with Crippen molar-refractivity contribution in [2.75, 3.05) is 23.4 Å². The molecule has 5 nitrogen and oxygen atoms in total. The van der Waals surface area contributed by atoms with Crippen LogP contribution in [-0.4, -0.2) is 32.4 Å². The Labute approximate surface area is 110 Å². The summed E-state index contributed by atoms with van der Waals surface area (Å²) >= 11 is 0. The van der Waals surface area contributed by atoms with E-state index in [0.29, 0.717) is 0 Å². The fourth-order valence-electron chi connectivity index (χ4n) is 1.22. The SMILES string of the molecule is CCS(=O)(=O)CCN=C(N)Nc1cc(F)ccc1F. The summed E-state index contributed by atoms with van der Waals surface area (Å²) in [5.41, 5.74) is 5.30. The third kappa shape index (κ3) is 5.21. The van der Waals surface area contributed by atoms with Crippen LogP contribution in [0.2, 0.25) is 0 Å². The number of hydrogen-bond acceptors (Lipinski definition) is 3. The lowest BCUT2D eigenvalue weighted by Gasteiger charge is -2.06. The van der Waals surface area contributed by atoms with Crippen LogP contribution in [0, 0.1) is 11.6 Å². The van der Waals surface area contributed by atoms with Crippen molar-refractivity contribution in [3.05, 3.63) is 29.8 Å². The van der Waals surface area contributed by atoms with Gasteiger partial charge in [-0.1, -0.05) is 6.92 Å². The Kier molecular flexibility index (Phi) is 5.22. The van der Waals surface area contributed by atoms with Crippen LogP contribution in [0.4, 0.5) is 14.5 Å². The van der Waals surface area contributed by atoms with E-state index < -0.39 is 21.5 Å². The fourth-order valence-corrected chi connectivity index (χ4v) is 1.88. The highest BCUT2D eigenvalue weighted by Crippen LogP contribution is 2.14. The average Bonchev–Trinajstić information content (AvgIpc) is 2.33. The van der Waals surface area contributed by atoms with Crippen LogP contribution in [0.15, 0.2) is 23.2 Å². The molecule has 0 bridgehead atoms. The van der Waals surface area contributed by atoms with Crippen LogP contribution in [-0.2, 0) is 9.84 Å². The largest absolute Gasteiger partial charge is 0.370 e. The Hall–Kier alpha value is -1.70. The molecule has 0 aliphatic rings. The molecule has 0 radical (unpaired) electrons. The zero-order valence-corrected chi connectivity index (χ0v) is 11.2. The molecule has 106 valence electrons. The molecule has 0 spiro atoms. The van der Waals surface area contributed by atoms with Gasteiger partial charge in [-0.05, 0) is 12.1 Å². The molecule has 0 atom stereocenters. The van der Waals surface area contributed by atoms with Crippen molar-refractivity contribution in [1.29, 1.82) is 0 Å². The van der Waals surface area contributed by atoms with E-state index in [1.807, 2.05) is 0 Å². The summed E-state index contributed by atoms with van der Waals surface area (Å²) in [6.07, 6.45) is 0. The normalized spacial score (nSPS) is 12.5. The Bertz CT molecular complexity index is 573. The summed E-state index contributed by atoms with van der Waals surface area (Å²) in [5, 5.41) is 2.37. The minimum absolute atomic E-state index is 0.0222. The van der Waals surface area contributed by atoms with Crippen LogP contribution in [0.5, 0.6) is 0 Å². The molecule has 0 saturated heterocycles. The van der Waals surface area contributed by atoms with Crippen molar-refractivity contribution in [3.8, 4) is 0 Å². The van der Waals surface area contributed by atoms with E-state index in [-0.39, 0.29) is 29.7 Å². The van der Waals surface area contributed by atoms with Gasteiger partial charge >= 0.3 is 0 Å². The molecule has 0 aromatic heterocycles. The maximum atomic E-state index is 13.3. The Balaban J connectivity index is 2.64. The Morgan fingerprint density at radius 3 is 2.74 bits per heavy atom. The number of benzene rings is 1. The number of anilines is 1. The van der Waals surface area contributed by atoms with Crippen molar-refractivity contribution in [2.45, 2.75) is 6.92 Å². The van der Waals surface area contributed by atoms with Crippen molar-refractivity contribution in [2.24, 2.45) is 10.7 Å². The molecule has 0 aliphatic heterocycles. The molecule has 1 rings (SSSR count). The smallest absolute Gasteiger partial charge is 0.193 e. The monoisotopic (exact) mass is 291 g/mol. The molecule has 0 saturated carbocycles. The van der Waals surface area contributed by atoms with Gasteiger partial charge in [0.1, 0.15) is 11.6 Å². The summed E-state index contributed by atoms with van der Waals surface area (Å²) in [5.74, 6) is -1.59. The quantitative estimate of drug-likeness (QED) is 0.629. The summed E-state index contributed by atoms with van der Waals surface area (Å²) in [7, 11) is -3.13. The second-order valence-corrected chi connectivity index (χ2v) is 6.23. The minimum atomic E-state index is -3.13. The predicted octanol–water partition coefficient (Wildman–Crippen LogP) is 1.13. The van der Waals surface area contributed by atoms with Gasteiger partial charge in [-0.2, -0.15) is 0 Å². The number of aliphatic imine (C=N–C) groups is 1.